The first-order valence-corrected chi connectivity index (χ1v) is 10.6. The van der Waals surface area contributed by atoms with Gasteiger partial charge < -0.3 is 15.0 Å². The summed E-state index contributed by atoms with van der Waals surface area (Å²) in [5, 5.41) is 3.41. The molecule has 0 radical (unpaired) electrons. The smallest absolute Gasteiger partial charge is 0.307 e. The van der Waals surface area contributed by atoms with Crippen LogP contribution in [0.1, 0.15) is 35.7 Å². The molecule has 9 heteroatoms. The van der Waals surface area contributed by atoms with Crippen LogP contribution >= 0.6 is 27.7 Å². The maximum absolute atomic E-state index is 12.5. The molecular formula is C19H22BrN3O4S. The number of nitrogens with one attached hydrogen (secondary N) is 2. The summed E-state index contributed by atoms with van der Waals surface area (Å²) >= 11 is 4.74. The van der Waals surface area contributed by atoms with Crippen molar-refractivity contribution in [1.29, 1.82) is 0 Å². The van der Waals surface area contributed by atoms with Crippen LogP contribution in [0.5, 0.6) is 0 Å². The second kappa shape index (κ2) is 10.4. The Morgan fingerprint density at radius 1 is 1.39 bits per heavy atom. The minimum atomic E-state index is -0.520. The van der Waals surface area contributed by atoms with Crippen LogP contribution < -0.4 is 10.9 Å². The van der Waals surface area contributed by atoms with Gasteiger partial charge in [-0.1, -0.05) is 39.8 Å². The van der Waals surface area contributed by atoms with E-state index in [1.165, 1.54) is 18.9 Å². The van der Waals surface area contributed by atoms with Crippen molar-refractivity contribution in [3.8, 4) is 0 Å². The Hall–Kier alpha value is -2.13. The molecule has 1 aromatic carbocycles. The van der Waals surface area contributed by atoms with Gasteiger partial charge in [0.05, 0.1) is 19.6 Å². The summed E-state index contributed by atoms with van der Waals surface area (Å²) in [4.78, 5) is 43.4. The fraction of sp³-hybridized carbons (Fsp3) is 0.368. The molecule has 0 saturated carbocycles. The number of methoxy groups -OCH3 is 1. The number of aromatic amines is 1. The number of nitrogens with zero attached hydrogens (tertiary/aromatic N) is 1. The molecule has 2 N–H and O–H groups in total. The second-order valence-electron chi connectivity index (χ2n) is 6.09. The summed E-state index contributed by atoms with van der Waals surface area (Å²) < 4.78 is 5.58. The number of thioether (sulfide) groups is 1. The van der Waals surface area contributed by atoms with E-state index in [0.29, 0.717) is 16.4 Å². The minimum absolute atomic E-state index is 0.0162. The van der Waals surface area contributed by atoms with Gasteiger partial charge in [0.15, 0.2) is 5.16 Å². The number of aromatic nitrogens is 2. The molecule has 2 aromatic rings. The van der Waals surface area contributed by atoms with Crippen molar-refractivity contribution >= 4 is 39.6 Å². The second-order valence-corrected chi connectivity index (χ2v) is 7.81. The monoisotopic (exact) mass is 467 g/mol. The SMILES string of the molecule is COC(=O)CC(NC(=O)CCc1c(C)nc(SC)[nH]c1=O)c1cccc(Br)c1. The molecule has 1 atom stereocenters. The summed E-state index contributed by atoms with van der Waals surface area (Å²) in [5.41, 5.74) is 1.65. The van der Waals surface area contributed by atoms with Crippen LogP contribution in [0.15, 0.2) is 38.7 Å². The van der Waals surface area contributed by atoms with E-state index in [2.05, 4.69) is 31.2 Å². The molecule has 0 aliphatic carbocycles. The van der Waals surface area contributed by atoms with Crippen LogP contribution in [0.25, 0.3) is 0 Å². The highest BCUT2D eigenvalue weighted by Crippen LogP contribution is 2.21. The topological polar surface area (TPSA) is 101 Å². The maximum Gasteiger partial charge on any atom is 0.307 e. The van der Waals surface area contributed by atoms with Crippen molar-refractivity contribution in [3.63, 3.8) is 0 Å². The van der Waals surface area contributed by atoms with Crippen LogP contribution in [-0.4, -0.2) is 35.2 Å². The Bertz CT molecular complexity index is 916. The number of halogens is 1. The van der Waals surface area contributed by atoms with Crippen molar-refractivity contribution in [1.82, 2.24) is 15.3 Å². The first kappa shape index (κ1) is 22.2. The van der Waals surface area contributed by atoms with Crippen molar-refractivity contribution in [2.45, 2.75) is 37.4 Å². The first-order chi connectivity index (χ1) is 13.3. The average molecular weight is 468 g/mol. The Kier molecular flexibility index (Phi) is 8.25. The van der Waals surface area contributed by atoms with Crippen molar-refractivity contribution in [2.75, 3.05) is 13.4 Å². The maximum atomic E-state index is 12.5. The standard InChI is InChI=1S/C19H22BrN3O4S/c1-11-14(18(26)23-19(21-11)28-3)7-8-16(24)22-15(10-17(25)27-2)12-5-4-6-13(20)9-12/h4-6,9,15H,7-8,10H2,1-3H3,(H,22,24)(H,21,23,26). The summed E-state index contributed by atoms with van der Waals surface area (Å²) in [6.45, 7) is 1.75. The van der Waals surface area contributed by atoms with E-state index in [1.54, 1.807) is 6.92 Å². The molecule has 0 fully saturated rings. The lowest BCUT2D eigenvalue weighted by Gasteiger charge is -2.18. The lowest BCUT2D eigenvalue weighted by molar-refractivity contribution is -0.141. The number of benzene rings is 1. The highest BCUT2D eigenvalue weighted by Gasteiger charge is 2.20. The quantitative estimate of drug-likeness (QED) is 0.351. The molecular weight excluding hydrogens is 446 g/mol. The number of H-pyrrole nitrogens is 1. The molecule has 0 bridgehead atoms. The third-order valence-corrected chi connectivity index (χ3v) is 5.25. The number of hydrogen-bond donors (Lipinski definition) is 2. The number of carbonyl (C=O) groups is 2. The zero-order chi connectivity index (χ0) is 20.7. The average Bonchev–Trinajstić information content (AvgIpc) is 2.66. The van der Waals surface area contributed by atoms with E-state index in [4.69, 9.17) is 4.74 Å². The van der Waals surface area contributed by atoms with Crippen molar-refractivity contribution in [3.05, 3.63) is 55.9 Å². The number of rotatable bonds is 8. The predicted octanol–water partition coefficient (Wildman–Crippen LogP) is 2.92. The van der Waals surface area contributed by atoms with Gasteiger partial charge in [-0.2, -0.15) is 0 Å². The highest BCUT2D eigenvalue weighted by atomic mass is 79.9. The number of ether oxygens (including phenoxy) is 1. The van der Waals surface area contributed by atoms with Crippen molar-refractivity contribution < 1.29 is 14.3 Å². The van der Waals surface area contributed by atoms with E-state index in [9.17, 15) is 14.4 Å². The van der Waals surface area contributed by atoms with Gasteiger partial charge in [-0.25, -0.2) is 4.98 Å². The van der Waals surface area contributed by atoms with Crippen LogP contribution in [0.3, 0.4) is 0 Å². The Balaban J connectivity index is 2.09. The van der Waals surface area contributed by atoms with Gasteiger partial charge in [0.1, 0.15) is 0 Å². The molecule has 1 heterocycles. The fourth-order valence-corrected chi connectivity index (χ4v) is 3.55. The fourth-order valence-electron chi connectivity index (χ4n) is 2.71. The van der Waals surface area contributed by atoms with Gasteiger partial charge >= 0.3 is 5.97 Å². The lowest BCUT2D eigenvalue weighted by atomic mass is 10.0. The summed E-state index contributed by atoms with van der Waals surface area (Å²) in [6, 6.07) is 6.85. The highest BCUT2D eigenvalue weighted by molar-refractivity contribution is 9.10. The molecule has 2 rings (SSSR count). The molecule has 150 valence electrons. The number of carbonyl (C=O) groups excluding carboxylic acids is 2. The van der Waals surface area contributed by atoms with Crippen LogP contribution in [0, 0.1) is 6.92 Å². The van der Waals surface area contributed by atoms with E-state index in [0.717, 1.165) is 10.0 Å². The molecule has 0 saturated heterocycles. The third kappa shape index (κ3) is 6.20. The molecule has 0 aliphatic heterocycles. The molecule has 28 heavy (non-hydrogen) atoms. The van der Waals surface area contributed by atoms with Gasteiger partial charge in [0.25, 0.3) is 5.56 Å². The summed E-state index contributed by atoms with van der Waals surface area (Å²) in [7, 11) is 1.31. The normalized spacial score (nSPS) is 11.7. The number of amides is 1. The summed E-state index contributed by atoms with van der Waals surface area (Å²) in [6.07, 6.45) is 2.21. The molecule has 7 nitrogen and oxygen atoms in total. The van der Waals surface area contributed by atoms with E-state index >= 15 is 0 Å². The number of esters is 1. The van der Waals surface area contributed by atoms with Gasteiger partial charge in [-0.3, -0.25) is 14.4 Å². The Morgan fingerprint density at radius 2 is 2.14 bits per heavy atom. The zero-order valence-corrected chi connectivity index (χ0v) is 18.3. The first-order valence-electron chi connectivity index (χ1n) is 8.59. The Morgan fingerprint density at radius 3 is 2.75 bits per heavy atom. The zero-order valence-electron chi connectivity index (χ0n) is 15.9. The molecule has 1 unspecified atom stereocenters. The molecule has 0 aliphatic rings. The number of hydrogen-bond acceptors (Lipinski definition) is 6. The third-order valence-electron chi connectivity index (χ3n) is 4.18. The molecule has 1 amide bonds. The summed E-state index contributed by atoms with van der Waals surface area (Å²) in [5.74, 6) is -0.684. The van der Waals surface area contributed by atoms with Gasteiger partial charge in [-0.05, 0) is 37.3 Å². The minimum Gasteiger partial charge on any atom is -0.469 e. The van der Waals surface area contributed by atoms with Crippen LogP contribution in [-0.2, 0) is 20.7 Å². The van der Waals surface area contributed by atoms with E-state index < -0.39 is 12.0 Å². The number of aryl methyl sites for hydroxylation is 1. The predicted molar refractivity (Wildman–Crippen MR) is 111 cm³/mol. The molecule has 0 spiro atoms. The van der Waals surface area contributed by atoms with E-state index in [1.807, 2.05) is 30.5 Å². The Labute approximate surface area is 175 Å². The van der Waals surface area contributed by atoms with Gasteiger partial charge in [0.2, 0.25) is 5.91 Å². The van der Waals surface area contributed by atoms with Crippen LogP contribution in [0.2, 0.25) is 0 Å². The van der Waals surface area contributed by atoms with E-state index in [-0.39, 0.29) is 30.7 Å². The van der Waals surface area contributed by atoms with Crippen LogP contribution in [0.4, 0.5) is 0 Å². The van der Waals surface area contributed by atoms with Gasteiger partial charge in [-0.15, -0.1) is 0 Å². The van der Waals surface area contributed by atoms with Crippen molar-refractivity contribution in [2.24, 2.45) is 0 Å². The largest absolute Gasteiger partial charge is 0.469 e. The molecule has 1 aromatic heterocycles. The van der Waals surface area contributed by atoms with Gasteiger partial charge in [0, 0.05) is 22.2 Å². The lowest BCUT2D eigenvalue weighted by Crippen LogP contribution is -2.31.